The molecule has 3 heteroatoms. The van der Waals surface area contributed by atoms with Crippen LogP contribution in [0.2, 0.25) is 0 Å². The Morgan fingerprint density at radius 1 is 1.50 bits per heavy atom. The minimum atomic E-state index is 0.490. The third-order valence-corrected chi connectivity index (χ3v) is 2.60. The predicted molar refractivity (Wildman–Crippen MR) is 55.5 cm³/mol. The van der Waals surface area contributed by atoms with E-state index in [0.29, 0.717) is 5.88 Å². The average molecular weight is 249 g/mol. The first-order valence-corrected chi connectivity index (χ1v) is 5.31. The molecule has 1 nitrogen and oxygen atoms in total. The van der Waals surface area contributed by atoms with Gasteiger partial charge in [0.15, 0.2) is 0 Å². The van der Waals surface area contributed by atoms with Gasteiger partial charge in [-0.2, -0.15) is 0 Å². The summed E-state index contributed by atoms with van der Waals surface area (Å²) in [6, 6.07) is 3.95. The van der Waals surface area contributed by atoms with Gasteiger partial charge in [-0.15, -0.1) is 11.6 Å². The van der Waals surface area contributed by atoms with Crippen molar-refractivity contribution in [2.45, 2.75) is 25.6 Å². The summed E-state index contributed by atoms with van der Waals surface area (Å²) in [7, 11) is 0. The van der Waals surface area contributed by atoms with Gasteiger partial charge in [-0.1, -0.05) is 13.3 Å². The molecular formula is C9H11BrClN. The maximum Gasteiger partial charge on any atom is 0.0647 e. The van der Waals surface area contributed by atoms with Gasteiger partial charge in [0, 0.05) is 4.47 Å². The number of hydrogen-bond donors (Lipinski definition) is 0. The van der Waals surface area contributed by atoms with Crippen molar-refractivity contribution >= 4 is 27.5 Å². The second-order valence-electron chi connectivity index (χ2n) is 2.61. The summed E-state index contributed by atoms with van der Waals surface area (Å²) in [6.07, 6.45) is 2.11. The number of rotatable bonds is 3. The smallest absolute Gasteiger partial charge is 0.0647 e. The van der Waals surface area contributed by atoms with Crippen LogP contribution in [-0.2, 0) is 12.3 Å². The molecule has 0 fully saturated rings. The lowest BCUT2D eigenvalue weighted by Crippen LogP contribution is -1.94. The van der Waals surface area contributed by atoms with E-state index in [2.05, 4.69) is 27.8 Å². The van der Waals surface area contributed by atoms with Crippen LogP contribution in [0.1, 0.15) is 24.7 Å². The molecule has 0 aromatic carbocycles. The first-order valence-electron chi connectivity index (χ1n) is 3.98. The van der Waals surface area contributed by atoms with E-state index in [0.717, 1.165) is 28.7 Å². The van der Waals surface area contributed by atoms with E-state index in [-0.39, 0.29) is 0 Å². The molecule has 0 aliphatic heterocycles. The van der Waals surface area contributed by atoms with Gasteiger partial charge in [0.2, 0.25) is 0 Å². The topological polar surface area (TPSA) is 12.9 Å². The van der Waals surface area contributed by atoms with Gasteiger partial charge in [-0.25, -0.2) is 0 Å². The molecule has 0 bridgehead atoms. The highest BCUT2D eigenvalue weighted by Crippen LogP contribution is 2.17. The molecule has 0 aliphatic carbocycles. The number of halogens is 2. The van der Waals surface area contributed by atoms with Crippen LogP contribution in [0.3, 0.4) is 0 Å². The quantitative estimate of drug-likeness (QED) is 0.746. The summed E-state index contributed by atoms with van der Waals surface area (Å²) in [6.45, 7) is 2.14. The Morgan fingerprint density at radius 3 is 2.83 bits per heavy atom. The van der Waals surface area contributed by atoms with Crippen molar-refractivity contribution in [3.8, 4) is 0 Å². The molecule has 0 atom stereocenters. The van der Waals surface area contributed by atoms with Crippen molar-refractivity contribution in [2.75, 3.05) is 0 Å². The maximum absolute atomic E-state index is 5.67. The first-order chi connectivity index (χ1) is 5.77. The fourth-order valence-corrected chi connectivity index (χ4v) is 1.58. The molecule has 0 aliphatic rings. The average Bonchev–Trinajstić information content (AvgIpc) is 2.09. The van der Waals surface area contributed by atoms with Gasteiger partial charge in [0.1, 0.15) is 0 Å². The van der Waals surface area contributed by atoms with E-state index in [1.54, 1.807) is 0 Å². The van der Waals surface area contributed by atoms with E-state index in [9.17, 15) is 0 Å². The fourth-order valence-electron chi connectivity index (χ4n) is 1.02. The summed E-state index contributed by atoms with van der Waals surface area (Å²) in [5, 5.41) is 0. The second kappa shape index (κ2) is 4.83. The summed E-state index contributed by atoms with van der Waals surface area (Å²) >= 11 is 9.13. The van der Waals surface area contributed by atoms with Crippen LogP contribution in [0.25, 0.3) is 0 Å². The Hall–Kier alpha value is -0.0800. The van der Waals surface area contributed by atoms with E-state index in [4.69, 9.17) is 11.6 Å². The Balaban J connectivity index is 2.91. The lowest BCUT2D eigenvalue weighted by Gasteiger charge is -2.03. The summed E-state index contributed by atoms with van der Waals surface area (Å²) < 4.78 is 1.08. The highest BCUT2D eigenvalue weighted by molar-refractivity contribution is 9.10. The zero-order valence-corrected chi connectivity index (χ0v) is 9.32. The fraction of sp³-hybridized carbons (Fsp3) is 0.444. The van der Waals surface area contributed by atoms with E-state index >= 15 is 0 Å². The second-order valence-corrected chi connectivity index (χ2v) is 3.74. The lowest BCUT2D eigenvalue weighted by atomic mass is 10.2. The molecule has 1 aromatic heterocycles. The monoisotopic (exact) mass is 247 g/mol. The minimum Gasteiger partial charge on any atom is -0.255 e. The van der Waals surface area contributed by atoms with Gasteiger partial charge >= 0.3 is 0 Å². The van der Waals surface area contributed by atoms with Crippen molar-refractivity contribution in [3.05, 3.63) is 28.0 Å². The number of aryl methyl sites for hydroxylation is 1. The number of aromatic nitrogens is 1. The third-order valence-electron chi connectivity index (χ3n) is 1.60. The van der Waals surface area contributed by atoms with Crippen molar-refractivity contribution in [3.63, 3.8) is 0 Å². The summed E-state index contributed by atoms with van der Waals surface area (Å²) in [5.41, 5.74) is 2.05. The molecule has 12 heavy (non-hydrogen) atoms. The van der Waals surface area contributed by atoms with Crippen LogP contribution in [0.4, 0.5) is 0 Å². The van der Waals surface area contributed by atoms with Crippen molar-refractivity contribution in [1.82, 2.24) is 4.98 Å². The molecule has 0 saturated heterocycles. The highest BCUT2D eigenvalue weighted by Gasteiger charge is 2.01. The minimum absolute atomic E-state index is 0.490. The largest absolute Gasteiger partial charge is 0.255 e. The summed E-state index contributed by atoms with van der Waals surface area (Å²) in [5.74, 6) is 0.490. The van der Waals surface area contributed by atoms with Crippen molar-refractivity contribution in [1.29, 1.82) is 0 Å². The van der Waals surface area contributed by atoms with Crippen LogP contribution in [0, 0.1) is 0 Å². The third kappa shape index (κ3) is 2.46. The van der Waals surface area contributed by atoms with Crippen LogP contribution in [0.15, 0.2) is 16.6 Å². The normalized spacial score (nSPS) is 10.2. The first kappa shape index (κ1) is 10.0. The standard InChI is InChI=1S/C9H11BrClN/c1-2-3-9-8(10)5-4-7(6-11)12-9/h4-5H,2-3,6H2,1H3. The van der Waals surface area contributed by atoms with Crippen LogP contribution < -0.4 is 0 Å². The molecule has 0 unspecified atom stereocenters. The van der Waals surface area contributed by atoms with Gasteiger partial charge in [-0.3, -0.25) is 4.98 Å². The van der Waals surface area contributed by atoms with Gasteiger partial charge < -0.3 is 0 Å². The molecule has 0 amide bonds. The van der Waals surface area contributed by atoms with Crippen molar-refractivity contribution < 1.29 is 0 Å². The molecule has 0 saturated carbocycles. The molecule has 1 aromatic rings. The maximum atomic E-state index is 5.67. The molecule has 1 heterocycles. The lowest BCUT2D eigenvalue weighted by molar-refractivity contribution is 0.865. The Kier molecular flexibility index (Phi) is 4.02. The van der Waals surface area contributed by atoms with Crippen LogP contribution in [0.5, 0.6) is 0 Å². The molecule has 66 valence electrons. The van der Waals surface area contributed by atoms with E-state index in [1.807, 2.05) is 12.1 Å². The van der Waals surface area contributed by atoms with Crippen LogP contribution >= 0.6 is 27.5 Å². The zero-order valence-electron chi connectivity index (χ0n) is 6.98. The Morgan fingerprint density at radius 2 is 2.25 bits per heavy atom. The van der Waals surface area contributed by atoms with E-state index in [1.165, 1.54) is 0 Å². The zero-order chi connectivity index (χ0) is 8.97. The number of hydrogen-bond acceptors (Lipinski definition) is 1. The van der Waals surface area contributed by atoms with Gasteiger partial charge in [0.05, 0.1) is 17.3 Å². The number of pyridine rings is 1. The number of alkyl halides is 1. The Labute approximate surface area is 86.3 Å². The van der Waals surface area contributed by atoms with Crippen LogP contribution in [-0.4, -0.2) is 4.98 Å². The molecule has 0 radical (unpaired) electrons. The van der Waals surface area contributed by atoms with E-state index < -0.39 is 0 Å². The SMILES string of the molecule is CCCc1nc(CCl)ccc1Br. The highest BCUT2D eigenvalue weighted by atomic mass is 79.9. The Bertz CT molecular complexity index is 263. The van der Waals surface area contributed by atoms with Crippen molar-refractivity contribution in [2.24, 2.45) is 0 Å². The number of nitrogens with zero attached hydrogens (tertiary/aromatic N) is 1. The molecule has 1 rings (SSSR count). The molecular weight excluding hydrogens is 237 g/mol. The molecule has 0 N–H and O–H groups in total. The predicted octanol–water partition coefficient (Wildman–Crippen LogP) is 3.54. The molecule has 0 spiro atoms. The van der Waals surface area contributed by atoms with Gasteiger partial charge in [-0.05, 0) is 34.5 Å². The summed E-state index contributed by atoms with van der Waals surface area (Å²) in [4.78, 5) is 4.40. The van der Waals surface area contributed by atoms with Gasteiger partial charge in [0.25, 0.3) is 0 Å².